The summed E-state index contributed by atoms with van der Waals surface area (Å²) in [6.07, 6.45) is 3.64. The Morgan fingerprint density at radius 3 is 2.74 bits per heavy atom. The first-order chi connectivity index (χ1) is 16.5. The van der Waals surface area contributed by atoms with Crippen LogP contribution in [-0.2, 0) is 18.3 Å². The molecule has 0 atom stereocenters. The summed E-state index contributed by atoms with van der Waals surface area (Å²) < 4.78 is 15.6. The molecule has 34 heavy (non-hydrogen) atoms. The van der Waals surface area contributed by atoms with Gasteiger partial charge in [0.15, 0.2) is 0 Å². The first kappa shape index (κ1) is 23.8. The maximum Gasteiger partial charge on any atom is 0.263 e. The lowest BCUT2D eigenvalue weighted by Crippen LogP contribution is -2.32. The van der Waals surface area contributed by atoms with Gasteiger partial charge in [-0.05, 0) is 42.7 Å². The molecule has 2 N–H and O–H groups in total. The number of carbonyl (C=O) groups excluding carboxylic acids is 1. The third-order valence-electron chi connectivity index (χ3n) is 5.64. The number of nitrogens with zero attached hydrogens (tertiary/aromatic N) is 3. The zero-order chi connectivity index (χ0) is 24.1. The van der Waals surface area contributed by atoms with Gasteiger partial charge in [-0.1, -0.05) is 24.1 Å². The van der Waals surface area contributed by atoms with E-state index in [1.807, 2.05) is 0 Å². The lowest BCUT2D eigenvalue weighted by Gasteiger charge is -2.17. The standard InChI is InChI=1S/C24H25N5O4S/c1-29-20-18(7-10-26-22(20)33-14-24(8-9-24)34-28-15-32-2)11-19(23(29)31)21(30)27-13-17-5-3-16(12-25)4-6-17/h3-7,10-11,28H,8-9,13-15H2,1-2H3,(H,27,30). The molecule has 0 radical (unpaired) electrons. The van der Waals surface area contributed by atoms with Gasteiger partial charge in [-0.25, -0.2) is 9.71 Å². The summed E-state index contributed by atoms with van der Waals surface area (Å²) in [7, 11) is 3.24. The summed E-state index contributed by atoms with van der Waals surface area (Å²) in [6, 6.07) is 12.3. The Morgan fingerprint density at radius 2 is 2.06 bits per heavy atom. The molecule has 176 valence electrons. The quantitative estimate of drug-likeness (QED) is 0.259. The molecule has 0 aliphatic heterocycles. The van der Waals surface area contributed by atoms with E-state index in [0.717, 1.165) is 18.4 Å². The van der Waals surface area contributed by atoms with Gasteiger partial charge in [-0.3, -0.25) is 9.59 Å². The van der Waals surface area contributed by atoms with Crippen molar-refractivity contribution >= 4 is 28.8 Å². The fraction of sp³-hybridized carbons (Fsp3) is 0.333. The largest absolute Gasteiger partial charge is 0.475 e. The molecule has 1 amide bonds. The second-order valence-corrected chi connectivity index (χ2v) is 9.48. The average Bonchev–Trinajstić information content (AvgIpc) is 3.63. The average molecular weight is 480 g/mol. The summed E-state index contributed by atoms with van der Waals surface area (Å²) in [4.78, 5) is 30.1. The Hall–Kier alpha value is -3.39. The maximum absolute atomic E-state index is 13.0. The van der Waals surface area contributed by atoms with Gasteiger partial charge in [0.1, 0.15) is 24.4 Å². The fourth-order valence-corrected chi connectivity index (χ4v) is 4.41. The van der Waals surface area contributed by atoms with Gasteiger partial charge in [-0.2, -0.15) is 5.26 Å². The molecule has 1 aliphatic rings. The van der Waals surface area contributed by atoms with Crippen LogP contribution in [0.2, 0.25) is 0 Å². The Kier molecular flexibility index (Phi) is 7.17. The molecule has 3 aromatic rings. The molecule has 4 rings (SSSR count). The number of amides is 1. The number of nitrogens with one attached hydrogen (secondary N) is 2. The van der Waals surface area contributed by atoms with Crippen LogP contribution in [0.4, 0.5) is 0 Å². The molecule has 9 nitrogen and oxygen atoms in total. The van der Waals surface area contributed by atoms with E-state index in [4.69, 9.17) is 14.7 Å². The molecule has 10 heteroatoms. The van der Waals surface area contributed by atoms with E-state index in [9.17, 15) is 9.59 Å². The van der Waals surface area contributed by atoms with Crippen LogP contribution in [0.1, 0.15) is 34.3 Å². The minimum absolute atomic E-state index is 0.0352. The summed E-state index contributed by atoms with van der Waals surface area (Å²) in [6.45, 7) is 1.14. The van der Waals surface area contributed by atoms with Crippen molar-refractivity contribution < 1.29 is 14.3 Å². The van der Waals surface area contributed by atoms with Crippen LogP contribution in [-0.4, -0.2) is 40.7 Å². The number of nitriles is 1. The highest BCUT2D eigenvalue weighted by Gasteiger charge is 2.45. The number of ether oxygens (including phenoxy) is 2. The zero-order valence-corrected chi connectivity index (χ0v) is 19.8. The molecular weight excluding hydrogens is 454 g/mol. The first-order valence-corrected chi connectivity index (χ1v) is 11.6. The van der Waals surface area contributed by atoms with Crippen molar-refractivity contribution in [2.24, 2.45) is 7.05 Å². The van der Waals surface area contributed by atoms with Gasteiger partial charge in [0.2, 0.25) is 5.88 Å². The summed E-state index contributed by atoms with van der Waals surface area (Å²) in [5, 5.41) is 12.4. The molecule has 0 bridgehead atoms. The number of carbonyl (C=O) groups is 1. The van der Waals surface area contributed by atoms with E-state index in [2.05, 4.69) is 21.1 Å². The van der Waals surface area contributed by atoms with Crippen molar-refractivity contribution in [1.29, 1.82) is 5.26 Å². The lowest BCUT2D eigenvalue weighted by molar-refractivity contribution is 0.0949. The predicted molar refractivity (Wildman–Crippen MR) is 129 cm³/mol. The molecule has 0 unspecified atom stereocenters. The highest BCUT2D eigenvalue weighted by atomic mass is 32.2. The molecule has 1 aromatic carbocycles. The van der Waals surface area contributed by atoms with Crippen LogP contribution in [0, 0.1) is 11.3 Å². The topological polar surface area (TPSA) is 118 Å². The van der Waals surface area contributed by atoms with E-state index >= 15 is 0 Å². The number of hydrogen-bond acceptors (Lipinski definition) is 8. The van der Waals surface area contributed by atoms with E-state index in [-0.39, 0.29) is 16.9 Å². The second-order valence-electron chi connectivity index (χ2n) is 8.12. The minimum Gasteiger partial charge on any atom is -0.475 e. The number of benzene rings is 1. The van der Waals surface area contributed by atoms with Crippen LogP contribution in [0.3, 0.4) is 0 Å². The first-order valence-electron chi connectivity index (χ1n) is 10.7. The number of rotatable bonds is 10. The Labute approximate surface area is 201 Å². The van der Waals surface area contributed by atoms with Gasteiger partial charge in [0.25, 0.3) is 11.5 Å². The number of aromatic nitrogens is 2. The molecule has 1 saturated carbocycles. The van der Waals surface area contributed by atoms with Crippen LogP contribution in [0.5, 0.6) is 5.88 Å². The van der Waals surface area contributed by atoms with Gasteiger partial charge in [0.05, 0.1) is 16.4 Å². The summed E-state index contributed by atoms with van der Waals surface area (Å²) >= 11 is 1.59. The van der Waals surface area contributed by atoms with E-state index in [1.54, 1.807) is 68.7 Å². The number of hydrogen-bond donors (Lipinski definition) is 2. The molecule has 0 saturated heterocycles. The number of aryl methyl sites for hydroxylation is 1. The molecule has 0 spiro atoms. The number of methoxy groups -OCH3 is 1. The van der Waals surface area contributed by atoms with Gasteiger partial charge in [0, 0.05) is 32.3 Å². The van der Waals surface area contributed by atoms with Gasteiger partial charge >= 0.3 is 0 Å². The highest BCUT2D eigenvalue weighted by molar-refractivity contribution is 7.99. The van der Waals surface area contributed by atoms with Crippen molar-refractivity contribution in [2.45, 2.75) is 24.1 Å². The molecule has 2 heterocycles. The fourth-order valence-electron chi connectivity index (χ4n) is 3.50. The van der Waals surface area contributed by atoms with Crippen molar-refractivity contribution in [1.82, 2.24) is 19.6 Å². The van der Waals surface area contributed by atoms with E-state index < -0.39 is 11.5 Å². The Balaban J connectivity index is 1.50. The monoisotopic (exact) mass is 479 g/mol. The molecule has 1 aliphatic carbocycles. The summed E-state index contributed by atoms with van der Waals surface area (Å²) in [5.74, 6) is -0.107. The van der Waals surface area contributed by atoms with Crippen LogP contribution in [0.15, 0.2) is 47.4 Å². The van der Waals surface area contributed by atoms with Crippen LogP contribution in [0.25, 0.3) is 10.9 Å². The molecule has 2 aromatic heterocycles. The zero-order valence-electron chi connectivity index (χ0n) is 19.0. The maximum atomic E-state index is 13.0. The van der Waals surface area contributed by atoms with E-state index in [0.29, 0.717) is 35.7 Å². The Bertz CT molecular complexity index is 1300. The number of pyridine rings is 2. The third-order valence-corrected chi connectivity index (χ3v) is 6.87. The third kappa shape index (κ3) is 5.22. The highest BCUT2D eigenvalue weighted by Crippen LogP contribution is 2.47. The summed E-state index contributed by atoms with van der Waals surface area (Å²) in [5.41, 5.74) is 1.53. The van der Waals surface area contributed by atoms with Crippen LogP contribution >= 0.6 is 11.9 Å². The SMILES string of the molecule is COCNSC1(COc2nccc3cc(C(=O)NCc4ccc(C#N)cc4)c(=O)n(C)c23)CC1. The van der Waals surface area contributed by atoms with Crippen molar-refractivity contribution in [2.75, 3.05) is 20.4 Å². The smallest absolute Gasteiger partial charge is 0.263 e. The number of fused-ring (bicyclic) bond motifs is 1. The van der Waals surface area contributed by atoms with Crippen molar-refractivity contribution in [3.8, 4) is 11.9 Å². The van der Waals surface area contributed by atoms with Crippen molar-refractivity contribution in [3.05, 3.63) is 69.6 Å². The molecule has 1 fully saturated rings. The second kappa shape index (κ2) is 10.3. The normalized spacial score (nSPS) is 13.9. The molecular formula is C24H25N5O4S. The Morgan fingerprint density at radius 1 is 1.29 bits per heavy atom. The van der Waals surface area contributed by atoms with E-state index in [1.165, 1.54) is 4.57 Å². The van der Waals surface area contributed by atoms with Gasteiger partial charge in [-0.15, -0.1) is 0 Å². The predicted octanol–water partition coefficient (Wildman–Crippen LogP) is 2.49. The van der Waals surface area contributed by atoms with Crippen molar-refractivity contribution in [3.63, 3.8) is 0 Å². The lowest BCUT2D eigenvalue weighted by atomic mass is 10.1. The van der Waals surface area contributed by atoms with Crippen LogP contribution < -0.4 is 20.3 Å². The van der Waals surface area contributed by atoms with Gasteiger partial charge < -0.3 is 19.4 Å². The minimum atomic E-state index is -0.469.